The number of nitrogens with zero attached hydrogens (tertiary/aromatic N) is 2. The van der Waals surface area contributed by atoms with E-state index in [1.165, 1.54) is 134 Å². The lowest BCUT2D eigenvalue weighted by Crippen LogP contribution is -2.51. The number of amides is 1. The summed E-state index contributed by atoms with van der Waals surface area (Å²) in [6, 6.07) is 18.2. The summed E-state index contributed by atoms with van der Waals surface area (Å²) in [6.45, 7) is 2.12. The van der Waals surface area contributed by atoms with Crippen molar-refractivity contribution in [3.8, 4) is 0 Å². The minimum Gasteiger partial charge on any atom is -0.287 e. The van der Waals surface area contributed by atoms with Crippen molar-refractivity contribution in [2.24, 2.45) is 16.8 Å². The van der Waals surface area contributed by atoms with E-state index in [-0.39, 0.29) is 25.9 Å². The maximum absolute atomic E-state index is 15.0. The smallest absolute Gasteiger partial charge is 0.259 e. The van der Waals surface area contributed by atoms with Gasteiger partial charge in [-0.25, -0.2) is 0 Å². The van der Waals surface area contributed by atoms with Crippen LogP contribution in [0.15, 0.2) is 53.5 Å². The summed E-state index contributed by atoms with van der Waals surface area (Å²) in [5.41, 5.74) is 4.97. The minimum absolute atomic E-state index is 0.194. The fourth-order valence-electron chi connectivity index (χ4n) is 10.0. The molecule has 0 bridgehead atoms. The molecule has 4 fully saturated rings. The normalized spacial score (nSPS) is 26.4. The zero-order chi connectivity index (χ0) is 30.6. The first-order valence-electron chi connectivity index (χ1n) is 19.0. The lowest BCUT2D eigenvalue weighted by atomic mass is 9.74. The van der Waals surface area contributed by atoms with Crippen molar-refractivity contribution >= 4 is 25.0 Å². The molecule has 1 aliphatic heterocycles. The van der Waals surface area contributed by atoms with Crippen molar-refractivity contribution in [3.63, 3.8) is 0 Å². The predicted molar refractivity (Wildman–Crippen MR) is 191 cm³/mol. The Hall–Kier alpha value is -1.99. The third-order valence-electron chi connectivity index (χ3n) is 12.3. The van der Waals surface area contributed by atoms with E-state index in [4.69, 9.17) is 4.99 Å². The van der Waals surface area contributed by atoms with Gasteiger partial charge >= 0.3 is 0 Å². The van der Waals surface area contributed by atoms with Crippen LogP contribution in [0.5, 0.6) is 0 Å². The Labute approximate surface area is 274 Å². The predicted octanol–water partition coefficient (Wildman–Crippen LogP) is 10.6. The van der Waals surface area contributed by atoms with Crippen LogP contribution in [0.3, 0.4) is 0 Å². The molecule has 4 heteroatoms. The summed E-state index contributed by atoms with van der Waals surface area (Å²) in [7, 11) is -0.303. The van der Waals surface area contributed by atoms with E-state index in [0.29, 0.717) is 11.8 Å². The lowest BCUT2D eigenvalue weighted by Gasteiger charge is -2.41. The van der Waals surface area contributed by atoms with E-state index in [9.17, 15) is 4.79 Å². The highest BCUT2D eigenvalue weighted by Crippen LogP contribution is 2.56. The van der Waals surface area contributed by atoms with E-state index < -0.39 is 0 Å². The average Bonchev–Trinajstić information content (AvgIpc) is 3.51. The third-order valence-corrected chi connectivity index (χ3v) is 15.8. The van der Waals surface area contributed by atoms with Crippen molar-refractivity contribution < 1.29 is 4.79 Å². The summed E-state index contributed by atoms with van der Waals surface area (Å²) < 4.78 is 0. The number of hydrogen-bond donors (Lipinski definition) is 0. The first kappa shape index (κ1) is 31.6. The molecule has 2 aromatic rings. The van der Waals surface area contributed by atoms with Crippen LogP contribution in [0.1, 0.15) is 150 Å². The quantitative estimate of drug-likeness (QED) is 0.282. The molecule has 4 aliphatic carbocycles. The summed E-state index contributed by atoms with van der Waals surface area (Å²) in [6.07, 6.45) is 26.9. The van der Waals surface area contributed by atoms with Crippen molar-refractivity contribution in [2.45, 2.75) is 159 Å². The van der Waals surface area contributed by atoms with Gasteiger partial charge in [0, 0.05) is 11.1 Å². The molecule has 2 atom stereocenters. The fourth-order valence-corrected chi connectivity index (χ4v) is 14.0. The monoisotopic (exact) mass is 624 g/mol. The fraction of sp³-hybridized carbons (Fsp3) is 0.659. The highest BCUT2D eigenvalue weighted by molar-refractivity contribution is 7.67. The number of benzene rings is 2. The van der Waals surface area contributed by atoms with Crippen molar-refractivity contribution in [1.82, 2.24) is 4.90 Å². The van der Waals surface area contributed by atoms with E-state index in [2.05, 4.69) is 60.4 Å². The molecule has 4 saturated carbocycles. The molecule has 1 amide bonds. The van der Waals surface area contributed by atoms with E-state index in [0.717, 1.165) is 28.3 Å². The van der Waals surface area contributed by atoms with Gasteiger partial charge in [0.05, 0.1) is 12.1 Å². The van der Waals surface area contributed by atoms with Gasteiger partial charge in [-0.05, 0) is 98.9 Å². The SMILES string of the molecule is Cc1cccc(C(=O)N2C(c3ccccc3P(C3CCCCC3)C3CCCCC3)=N[C@H](C3CCCCC3)[C@H]2C2CCCCC2)c1. The molecule has 5 aliphatic rings. The highest BCUT2D eigenvalue weighted by Gasteiger charge is 2.48. The molecule has 3 nitrogen and oxygen atoms in total. The molecule has 0 aromatic heterocycles. The van der Waals surface area contributed by atoms with Crippen LogP contribution in [0.4, 0.5) is 0 Å². The van der Waals surface area contributed by atoms with Crippen LogP contribution in [-0.2, 0) is 0 Å². The minimum atomic E-state index is -0.303. The molecule has 0 saturated heterocycles. The Balaban J connectivity index is 1.36. The van der Waals surface area contributed by atoms with Crippen LogP contribution in [-0.4, -0.2) is 40.0 Å². The Kier molecular flexibility index (Phi) is 10.4. The van der Waals surface area contributed by atoms with Crippen molar-refractivity contribution in [2.75, 3.05) is 0 Å². The number of carbonyl (C=O) groups is 1. The number of hydrogen-bond acceptors (Lipinski definition) is 2. The molecular weight excluding hydrogens is 567 g/mol. The third kappa shape index (κ3) is 6.86. The number of aryl methyl sites for hydroxylation is 1. The number of amidine groups is 1. The van der Waals surface area contributed by atoms with Crippen LogP contribution in [0.2, 0.25) is 0 Å². The molecule has 0 unspecified atom stereocenters. The Morgan fingerprint density at radius 2 is 1.22 bits per heavy atom. The van der Waals surface area contributed by atoms with Crippen LogP contribution >= 0.6 is 7.92 Å². The first-order chi connectivity index (χ1) is 22.2. The largest absolute Gasteiger partial charge is 0.287 e. The molecule has 45 heavy (non-hydrogen) atoms. The van der Waals surface area contributed by atoms with Gasteiger partial charge in [-0.15, -0.1) is 0 Å². The van der Waals surface area contributed by atoms with Crippen LogP contribution < -0.4 is 5.30 Å². The van der Waals surface area contributed by atoms with Gasteiger partial charge in [-0.2, -0.15) is 0 Å². The van der Waals surface area contributed by atoms with E-state index in [1.807, 2.05) is 0 Å². The molecule has 0 N–H and O–H groups in total. The van der Waals surface area contributed by atoms with Crippen molar-refractivity contribution in [3.05, 3.63) is 65.2 Å². The second-order valence-corrected chi connectivity index (χ2v) is 18.0. The highest BCUT2D eigenvalue weighted by atomic mass is 31.1. The summed E-state index contributed by atoms with van der Waals surface area (Å²) >= 11 is 0. The number of aliphatic imine (C=N–C) groups is 1. The van der Waals surface area contributed by atoms with Gasteiger partial charge in [-0.3, -0.25) is 14.7 Å². The molecule has 7 rings (SSSR count). The molecule has 1 heterocycles. The van der Waals surface area contributed by atoms with Gasteiger partial charge in [0.2, 0.25) is 0 Å². The second kappa shape index (κ2) is 14.8. The zero-order valence-electron chi connectivity index (χ0n) is 28.0. The molecule has 2 aromatic carbocycles. The Morgan fingerprint density at radius 3 is 1.82 bits per heavy atom. The molecule has 0 radical (unpaired) electrons. The Bertz CT molecular complexity index is 1290. The van der Waals surface area contributed by atoms with Crippen molar-refractivity contribution in [1.29, 1.82) is 0 Å². The maximum atomic E-state index is 15.0. The number of rotatable bonds is 7. The molecule has 0 spiro atoms. The summed E-state index contributed by atoms with van der Waals surface area (Å²) in [4.78, 5) is 23.2. The van der Waals surface area contributed by atoms with Crippen LogP contribution in [0, 0.1) is 18.8 Å². The standard InChI is InChI=1S/C41H57N2OP/c1-30-17-16-22-33(29-30)41(44)43-39(32-20-8-3-9-21-32)38(31-18-6-2-7-19-31)42-40(43)36-27-14-15-28-37(36)45(34-23-10-4-11-24-34)35-25-12-5-13-26-35/h14-17,22,27-29,31-32,34-35,38-39H,2-13,18-21,23-26H2,1H3/t38-,39-/m1/s1. The zero-order valence-corrected chi connectivity index (χ0v) is 28.9. The number of carbonyl (C=O) groups excluding carboxylic acids is 1. The summed E-state index contributed by atoms with van der Waals surface area (Å²) in [5.74, 6) is 2.38. The van der Waals surface area contributed by atoms with E-state index >= 15 is 0 Å². The van der Waals surface area contributed by atoms with Gasteiger partial charge in [0.15, 0.2) is 0 Å². The second-order valence-electron chi connectivity index (χ2n) is 15.3. The van der Waals surface area contributed by atoms with Crippen LogP contribution in [0.25, 0.3) is 0 Å². The topological polar surface area (TPSA) is 32.7 Å². The average molecular weight is 625 g/mol. The Morgan fingerprint density at radius 1 is 0.667 bits per heavy atom. The first-order valence-corrected chi connectivity index (χ1v) is 20.5. The van der Waals surface area contributed by atoms with Gasteiger partial charge < -0.3 is 0 Å². The van der Waals surface area contributed by atoms with Gasteiger partial charge in [0.25, 0.3) is 5.91 Å². The molecule has 242 valence electrons. The van der Waals surface area contributed by atoms with Gasteiger partial charge in [-0.1, -0.05) is 127 Å². The van der Waals surface area contributed by atoms with E-state index in [1.54, 1.807) is 5.30 Å². The molecular formula is C41H57N2OP. The van der Waals surface area contributed by atoms with Gasteiger partial charge in [0.1, 0.15) is 5.84 Å². The lowest BCUT2D eigenvalue weighted by molar-refractivity contribution is 0.0701. The maximum Gasteiger partial charge on any atom is 0.259 e. The summed E-state index contributed by atoms with van der Waals surface area (Å²) in [5, 5.41) is 1.58.